The molecule has 2 heterocycles. The van der Waals surface area contributed by atoms with E-state index in [1.807, 2.05) is 50.3 Å². The number of Topliss-reactive ketones (excluding diaryl/α,β-unsaturated/α-hetero) is 1. The minimum absolute atomic E-state index is 0.0395. The van der Waals surface area contributed by atoms with Crippen LogP contribution in [0.2, 0.25) is 0 Å². The summed E-state index contributed by atoms with van der Waals surface area (Å²) in [4.78, 5) is 39.3. The maximum atomic E-state index is 14.0. The Hall–Kier alpha value is -2.62. The molecule has 0 amide bonds. The zero-order chi connectivity index (χ0) is 35.8. The molecule has 2 saturated heterocycles. The molecule has 11 heteroatoms. The van der Waals surface area contributed by atoms with Gasteiger partial charge in [-0.15, -0.1) is 0 Å². The third-order valence-electron chi connectivity index (χ3n) is 10.3. The average molecular weight is 703 g/mol. The second-order valence-electron chi connectivity index (χ2n) is 13.7. The summed E-state index contributed by atoms with van der Waals surface area (Å²) in [5, 5.41) is 0. The fourth-order valence-electron chi connectivity index (χ4n) is 7.68. The molecule has 0 spiro atoms. The van der Waals surface area contributed by atoms with Crippen LogP contribution >= 0.6 is 7.60 Å². The van der Waals surface area contributed by atoms with Gasteiger partial charge in [0.25, 0.3) is 0 Å². The van der Waals surface area contributed by atoms with Gasteiger partial charge in [-0.1, -0.05) is 60.6 Å². The summed E-state index contributed by atoms with van der Waals surface area (Å²) in [5.41, 5.74) is 1.39. The third kappa shape index (κ3) is 9.01. The van der Waals surface area contributed by atoms with Crippen molar-refractivity contribution in [3.8, 4) is 0 Å². The molecule has 0 aromatic heterocycles. The third-order valence-corrected chi connectivity index (χ3v) is 12.9. The lowest BCUT2D eigenvalue weighted by atomic mass is 9.67. The number of cyclic esters (lactones) is 1. The first-order chi connectivity index (χ1) is 23.4. The highest BCUT2D eigenvalue weighted by Gasteiger charge is 2.70. The Morgan fingerprint density at radius 1 is 1.04 bits per heavy atom. The van der Waals surface area contributed by atoms with Gasteiger partial charge in [-0.05, 0) is 84.6 Å². The molecule has 1 saturated carbocycles. The van der Waals surface area contributed by atoms with E-state index in [2.05, 4.69) is 13.0 Å². The lowest BCUT2D eigenvalue weighted by Crippen LogP contribution is -2.48. The average Bonchev–Trinajstić information content (AvgIpc) is 3.52. The molecule has 0 N–H and O–H groups in total. The lowest BCUT2D eigenvalue weighted by Gasteiger charge is -2.38. The number of carbonyl (C=O) groups excluding carboxylic acids is 3. The summed E-state index contributed by atoms with van der Waals surface area (Å²) in [6.07, 6.45) is 5.93. The van der Waals surface area contributed by atoms with Crippen molar-refractivity contribution in [2.24, 2.45) is 23.2 Å². The van der Waals surface area contributed by atoms with Crippen LogP contribution in [0.25, 0.3) is 0 Å². The van der Waals surface area contributed by atoms with Crippen molar-refractivity contribution >= 4 is 25.3 Å². The Morgan fingerprint density at radius 3 is 2.37 bits per heavy atom. The maximum Gasteiger partial charge on any atom is 0.337 e. The second kappa shape index (κ2) is 17.5. The van der Waals surface area contributed by atoms with Crippen LogP contribution in [0.15, 0.2) is 53.6 Å². The van der Waals surface area contributed by atoms with Crippen molar-refractivity contribution < 1.29 is 46.9 Å². The molecule has 0 bridgehead atoms. The predicted octanol–water partition coefficient (Wildman–Crippen LogP) is 7.74. The van der Waals surface area contributed by atoms with E-state index < -0.39 is 49.1 Å². The number of ketones is 1. The molecule has 1 aliphatic carbocycles. The van der Waals surface area contributed by atoms with E-state index in [4.69, 9.17) is 28.0 Å². The van der Waals surface area contributed by atoms with E-state index in [9.17, 15) is 18.9 Å². The smallest absolute Gasteiger partial charge is 0.337 e. The Bertz CT molecular complexity index is 1400. The van der Waals surface area contributed by atoms with E-state index in [0.29, 0.717) is 38.9 Å². The van der Waals surface area contributed by atoms with Gasteiger partial charge in [0.1, 0.15) is 17.6 Å². The first-order valence-corrected chi connectivity index (χ1v) is 19.4. The van der Waals surface area contributed by atoms with Gasteiger partial charge in [-0.2, -0.15) is 0 Å². The van der Waals surface area contributed by atoms with Crippen LogP contribution in [0.1, 0.15) is 92.6 Å². The second-order valence-corrected chi connectivity index (χ2v) is 16.1. The predicted molar refractivity (Wildman–Crippen MR) is 186 cm³/mol. The molecule has 2 aliphatic heterocycles. The molecule has 2 unspecified atom stereocenters. The topological polar surface area (TPSA) is 124 Å². The monoisotopic (exact) mass is 702 g/mol. The SMILES string of the molecule is CCOP(=O)(OCC)C(C)C(CC/C(C)=C/CC/C(C)=C/C[C@@]12C(=O)OCC[C@@H]1[C@H]1[C@H](C)[C@@H](OCc3ccccc3)O[C@H]1C2=O)OC(C)=O. The van der Waals surface area contributed by atoms with Gasteiger partial charge >= 0.3 is 19.5 Å². The molecule has 49 heavy (non-hydrogen) atoms. The van der Waals surface area contributed by atoms with Crippen molar-refractivity contribution in [3.05, 3.63) is 59.2 Å². The maximum absolute atomic E-state index is 14.0. The molecule has 10 nitrogen and oxygen atoms in total. The van der Waals surface area contributed by atoms with Crippen molar-refractivity contribution in [2.75, 3.05) is 19.8 Å². The Morgan fingerprint density at radius 2 is 1.71 bits per heavy atom. The number of rotatable bonds is 18. The van der Waals surface area contributed by atoms with Gasteiger partial charge in [-0.25, -0.2) is 0 Å². The van der Waals surface area contributed by atoms with Crippen molar-refractivity contribution in [2.45, 2.75) is 118 Å². The number of hydrogen-bond acceptors (Lipinski definition) is 10. The first-order valence-electron chi connectivity index (χ1n) is 17.8. The Balaban J connectivity index is 1.35. The largest absolute Gasteiger partial charge is 0.465 e. The van der Waals surface area contributed by atoms with Gasteiger partial charge in [0.05, 0.1) is 32.1 Å². The summed E-state index contributed by atoms with van der Waals surface area (Å²) in [7, 11) is -3.46. The zero-order valence-electron chi connectivity index (χ0n) is 30.2. The highest BCUT2D eigenvalue weighted by molar-refractivity contribution is 7.54. The van der Waals surface area contributed by atoms with Crippen LogP contribution in [0.5, 0.6) is 0 Å². The Kier molecular flexibility index (Phi) is 14.0. The number of fused-ring (bicyclic) bond motifs is 3. The van der Waals surface area contributed by atoms with E-state index in [-0.39, 0.29) is 36.8 Å². The molecule has 3 aliphatic rings. The highest BCUT2D eigenvalue weighted by atomic mass is 31.2. The first kappa shape index (κ1) is 39.2. The van der Waals surface area contributed by atoms with E-state index in [1.54, 1.807) is 20.8 Å². The number of esters is 2. The molecule has 1 aromatic carbocycles. The van der Waals surface area contributed by atoms with Crippen molar-refractivity contribution in [1.29, 1.82) is 0 Å². The number of ether oxygens (including phenoxy) is 4. The van der Waals surface area contributed by atoms with Crippen LogP contribution in [0.4, 0.5) is 0 Å². The number of benzene rings is 1. The number of allylic oxidation sites excluding steroid dienone is 4. The van der Waals surface area contributed by atoms with E-state index >= 15 is 0 Å². The summed E-state index contributed by atoms with van der Waals surface area (Å²) in [6.45, 7) is 13.9. The molecule has 0 radical (unpaired) electrons. The standard InChI is InChI=1S/C38H55O10P/c1-8-45-49(42,46-9-2)28(6)32(47-29(7)39)19-18-25(3)14-13-15-26(4)20-22-38-31(21-23-43-37(38)41)33-27(5)36(48-34(33)35(38)40)44-24-30-16-11-10-12-17-30/h10-12,14,16-17,20,27-28,31-34,36H,8-9,13,15,18-19,21-24H2,1-7H3/b25-14+,26-20+/t27-,28?,31+,32?,33+,34+,36-,38+/m0/s1. The van der Waals surface area contributed by atoms with Gasteiger partial charge in [0.15, 0.2) is 12.1 Å². The van der Waals surface area contributed by atoms with Crippen LogP contribution in [-0.2, 0) is 53.6 Å². The molecule has 8 atom stereocenters. The summed E-state index contributed by atoms with van der Waals surface area (Å²) in [6, 6.07) is 9.87. The lowest BCUT2D eigenvalue weighted by molar-refractivity contribution is -0.181. The van der Waals surface area contributed by atoms with Gasteiger partial charge in [0.2, 0.25) is 0 Å². The summed E-state index contributed by atoms with van der Waals surface area (Å²) in [5.74, 6) is -1.36. The van der Waals surface area contributed by atoms with Crippen molar-refractivity contribution in [1.82, 2.24) is 0 Å². The summed E-state index contributed by atoms with van der Waals surface area (Å²) < 4.78 is 47.9. The van der Waals surface area contributed by atoms with Gasteiger partial charge < -0.3 is 28.0 Å². The fourth-order valence-corrected chi connectivity index (χ4v) is 9.56. The molecule has 1 aromatic rings. The van der Waals surface area contributed by atoms with Crippen LogP contribution < -0.4 is 0 Å². The fraction of sp³-hybridized carbons (Fsp3) is 0.658. The van der Waals surface area contributed by atoms with E-state index in [1.165, 1.54) is 6.92 Å². The minimum Gasteiger partial charge on any atom is -0.465 e. The van der Waals surface area contributed by atoms with Gasteiger partial charge in [0, 0.05) is 18.8 Å². The Labute approximate surface area is 291 Å². The molecule has 3 fully saturated rings. The molecular formula is C38H55O10P. The zero-order valence-corrected chi connectivity index (χ0v) is 31.1. The quantitative estimate of drug-likeness (QED) is 0.0650. The van der Waals surface area contributed by atoms with Gasteiger partial charge in [-0.3, -0.25) is 18.9 Å². The normalized spacial score (nSPS) is 28.5. The number of hydrogen-bond donors (Lipinski definition) is 0. The molecule has 272 valence electrons. The van der Waals surface area contributed by atoms with E-state index in [0.717, 1.165) is 29.6 Å². The molecule has 4 rings (SSSR count). The van der Waals surface area contributed by atoms with Crippen molar-refractivity contribution in [3.63, 3.8) is 0 Å². The van der Waals surface area contributed by atoms with Crippen LogP contribution in [-0.4, -0.2) is 61.7 Å². The summed E-state index contributed by atoms with van der Waals surface area (Å²) >= 11 is 0. The number of carbonyl (C=O) groups is 3. The minimum atomic E-state index is -3.46. The molecular weight excluding hydrogens is 647 g/mol. The van der Waals surface area contributed by atoms with Crippen LogP contribution in [0.3, 0.4) is 0 Å². The highest BCUT2D eigenvalue weighted by Crippen LogP contribution is 2.58. The van der Waals surface area contributed by atoms with Crippen LogP contribution in [0, 0.1) is 23.2 Å².